The van der Waals surface area contributed by atoms with Crippen molar-refractivity contribution < 1.29 is 23.9 Å². The monoisotopic (exact) mass is 431 g/mol. The van der Waals surface area contributed by atoms with Crippen molar-refractivity contribution in [2.24, 2.45) is 11.7 Å². The Hall–Kier alpha value is -2.76. The summed E-state index contributed by atoms with van der Waals surface area (Å²) in [6, 6.07) is 1.89. The number of hydrogen-bond donors (Lipinski definition) is 3. The zero-order valence-corrected chi connectivity index (χ0v) is 17.5. The number of anilines is 1. The predicted molar refractivity (Wildman–Crippen MR) is 106 cm³/mol. The van der Waals surface area contributed by atoms with Gasteiger partial charge in [0.2, 0.25) is 11.6 Å². The molecule has 4 N–H and O–H groups in total. The van der Waals surface area contributed by atoms with Gasteiger partial charge in [-0.1, -0.05) is 0 Å². The second kappa shape index (κ2) is 6.37. The fourth-order valence-corrected chi connectivity index (χ4v) is 5.65. The molecule has 10 nitrogen and oxygen atoms in total. The van der Waals surface area contributed by atoms with E-state index in [-0.39, 0.29) is 36.0 Å². The van der Waals surface area contributed by atoms with Gasteiger partial charge in [-0.15, -0.1) is 0 Å². The molecule has 3 aliphatic heterocycles. The van der Waals surface area contributed by atoms with Gasteiger partial charge in [0.1, 0.15) is 11.6 Å². The highest BCUT2D eigenvalue weighted by atomic mass is 32.1. The molecule has 1 aromatic rings. The lowest BCUT2D eigenvalue weighted by Gasteiger charge is -2.39. The highest BCUT2D eigenvalue weighted by Gasteiger charge is 2.72. The van der Waals surface area contributed by atoms with E-state index in [1.807, 2.05) is 17.9 Å². The van der Waals surface area contributed by atoms with Crippen molar-refractivity contribution >= 4 is 34.2 Å². The second-order valence-corrected chi connectivity index (χ2v) is 8.68. The highest BCUT2D eigenvalue weighted by molar-refractivity contribution is 7.10. The Morgan fingerprint density at radius 2 is 2.20 bits per heavy atom. The number of carbonyl (C=O) groups excluding carboxylic acids is 3. The first kappa shape index (κ1) is 19.2. The van der Waals surface area contributed by atoms with Crippen molar-refractivity contribution in [3.05, 3.63) is 34.3 Å². The molecule has 0 spiro atoms. The molecule has 4 heterocycles. The zero-order valence-electron chi connectivity index (χ0n) is 16.6. The van der Waals surface area contributed by atoms with Gasteiger partial charge in [0.05, 0.1) is 29.0 Å². The van der Waals surface area contributed by atoms with Crippen LogP contribution in [0.2, 0.25) is 0 Å². The minimum absolute atomic E-state index is 0.0731. The van der Waals surface area contributed by atoms with Gasteiger partial charge in [0.25, 0.3) is 0 Å². The molecule has 2 fully saturated rings. The molecule has 1 aliphatic carbocycles. The van der Waals surface area contributed by atoms with Crippen molar-refractivity contribution in [1.82, 2.24) is 14.6 Å². The zero-order chi connectivity index (χ0) is 21.4. The van der Waals surface area contributed by atoms with Crippen LogP contribution < -0.4 is 16.4 Å². The predicted octanol–water partition coefficient (Wildman–Crippen LogP) is 0.267. The van der Waals surface area contributed by atoms with Gasteiger partial charge in [-0.3, -0.25) is 9.59 Å². The summed E-state index contributed by atoms with van der Waals surface area (Å²) in [6.07, 6.45) is -0.944. The second-order valence-electron chi connectivity index (χ2n) is 7.88. The average molecular weight is 431 g/mol. The molecule has 1 aromatic heterocycles. The van der Waals surface area contributed by atoms with Crippen LogP contribution in [0.4, 0.5) is 9.80 Å². The van der Waals surface area contributed by atoms with Gasteiger partial charge < -0.3 is 30.7 Å². The van der Waals surface area contributed by atoms with Crippen LogP contribution in [-0.2, 0) is 19.1 Å². The van der Waals surface area contributed by atoms with Gasteiger partial charge in [-0.05, 0) is 31.4 Å². The van der Waals surface area contributed by atoms with E-state index in [0.29, 0.717) is 28.4 Å². The Kier molecular flexibility index (Phi) is 4.08. The smallest absolute Gasteiger partial charge is 0.404 e. The largest absolute Gasteiger partial charge is 0.449 e. The maximum atomic E-state index is 13.6. The molecule has 0 saturated carbocycles. The Balaban J connectivity index is 1.58. The van der Waals surface area contributed by atoms with Crippen LogP contribution in [0, 0.1) is 12.8 Å². The summed E-state index contributed by atoms with van der Waals surface area (Å²) in [7, 11) is 1.54. The number of hydrogen-bond acceptors (Lipinski definition) is 10. The third-order valence-corrected chi connectivity index (χ3v) is 7.10. The SMILES string of the molecule is CO[C@@]12[C@H](COC(N)=O)C3=C(C(=O)C(C)=C(Nc4cc(C)ns4)C3=O)N1C[C@@H]1N[C@@H]12. The molecule has 0 radical (unpaired) electrons. The first-order valence-corrected chi connectivity index (χ1v) is 10.3. The molecule has 0 unspecified atom stereocenters. The van der Waals surface area contributed by atoms with E-state index >= 15 is 0 Å². The van der Waals surface area contributed by atoms with Crippen LogP contribution in [0.1, 0.15) is 12.6 Å². The highest BCUT2D eigenvalue weighted by Crippen LogP contribution is 2.55. The number of aryl methyl sites for hydroxylation is 1. The van der Waals surface area contributed by atoms with E-state index in [1.165, 1.54) is 11.5 Å². The molecule has 4 aliphatic rings. The van der Waals surface area contributed by atoms with Crippen LogP contribution >= 0.6 is 11.5 Å². The Bertz CT molecular complexity index is 1060. The molecule has 4 atom stereocenters. The molecule has 0 bridgehead atoms. The maximum absolute atomic E-state index is 13.6. The first-order valence-electron chi connectivity index (χ1n) is 9.55. The molecule has 2 saturated heterocycles. The minimum Gasteiger partial charge on any atom is -0.449 e. The molecular weight excluding hydrogens is 410 g/mol. The van der Waals surface area contributed by atoms with Gasteiger partial charge in [0, 0.05) is 30.8 Å². The molecule has 158 valence electrons. The van der Waals surface area contributed by atoms with Gasteiger partial charge >= 0.3 is 6.09 Å². The number of nitrogens with zero attached hydrogens (tertiary/aromatic N) is 2. The average Bonchev–Trinajstić information content (AvgIpc) is 3.10. The number of ether oxygens (including phenoxy) is 2. The number of nitrogens with one attached hydrogen (secondary N) is 2. The number of ketones is 2. The third kappa shape index (κ3) is 2.42. The summed E-state index contributed by atoms with van der Waals surface area (Å²) in [4.78, 5) is 40.2. The van der Waals surface area contributed by atoms with E-state index < -0.39 is 17.7 Å². The van der Waals surface area contributed by atoms with E-state index in [2.05, 4.69) is 15.0 Å². The van der Waals surface area contributed by atoms with Crippen LogP contribution in [0.3, 0.4) is 0 Å². The Morgan fingerprint density at radius 3 is 2.83 bits per heavy atom. The number of aromatic nitrogens is 1. The number of piperazine rings is 1. The van der Waals surface area contributed by atoms with Crippen LogP contribution in [-0.4, -0.2) is 65.0 Å². The number of rotatable bonds is 5. The van der Waals surface area contributed by atoms with Gasteiger partial charge in [-0.2, -0.15) is 4.37 Å². The van der Waals surface area contributed by atoms with Crippen molar-refractivity contribution in [2.45, 2.75) is 31.7 Å². The molecular formula is C19H21N5O5S. The molecule has 1 amide bonds. The number of nitrogens with two attached hydrogens (primary N) is 1. The normalized spacial score (nSPS) is 31.7. The lowest BCUT2D eigenvalue weighted by atomic mass is 9.82. The van der Waals surface area contributed by atoms with Crippen LogP contribution in [0.25, 0.3) is 0 Å². The van der Waals surface area contributed by atoms with E-state index in [1.54, 1.807) is 14.0 Å². The van der Waals surface area contributed by atoms with Crippen LogP contribution in [0.5, 0.6) is 0 Å². The topological polar surface area (TPSA) is 146 Å². The van der Waals surface area contributed by atoms with Crippen molar-refractivity contribution in [2.75, 3.05) is 25.6 Å². The standard InChI is InChI=1S/C19H21N5O5S/c1-7-4-11(30-23-7)22-13-8(2)15(25)14-12(16(13)26)9(6-29-18(20)27)19(28-3)17-10(21-17)5-24(14)19/h4,9-10,17,21-22H,5-6H2,1-3H3,(H2,20,27)/t9-,10+,17+,19-/m1/s1. The van der Waals surface area contributed by atoms with Crippen molar-refractivity contribution in [3.8, 4) is 0 Å². The number of primary amides is 1. The minimum atomic E-state index is -0.979. The van der Waals surface area contributed by atoms with Gasteiger partial charge in [-0.25, -0.2) is 4.79 Å². The third-order valence-electron chi connectivity index (χ3n) is 6.30. The molecule has 5 rings (SSSR count). The van der Waals surface area contributed by atoms with E-state index in [4.69, 9.17) is 15.2 Å². The summed E-state index contributed by atoms with van der Waals surface area (Å²) < 4.78 is 15.3. The lowest BCUT2D eigenvalue weighted by molar-refractivity contribution is -0.137. The summed E-state index contributed by atoms with van der Waals surface area (Å²) >= 11 is 1.21. The number of allylic oxidation sites excluding steroid dienone is 2. The van der Waals surface area contributed by atoms with Gasteiger partial charge in [0.15, 0.2) is 5.72 Å². The summed E-state index contributed by atoms with van der Waals surface area (Å²) in [5.41, 5.74) is 6.20. The van der Waals surface area contributed by atoms with Crippen LogP contribution in [0.15, 0.2) is 28.6 Å². The molecule has 11 heteroatoms. The fraction of sp³-hybridized carbons (Fsp3) is 0.474. The Morgan fingerprint density at radius 1 is 1.43 bits per heavy atom. The number of methoxy groups -OCH3 is 1. The molecule has 30 heavy (non-hydrogen) atoms. The van der Waals surface area contributed by atoms with E-state index in [0.717, 1.165) is 5.69 Å². The Labute approximate surface area is 176 Å². The lowest BCUT2D eigenvalue weighted by Crippen LogP contribution is -2.55. The quantitative estimate of drug-likeness (QED) is 0.441. The number of fused-ring (bicyclic) bond motifs is 4. The van der Waals surface area contributed by atoms with Crippen molar-refractivity contribution in [1.29, 1.82) is 0 Å². The maximum Gasteiger partial charge on any atom is 0.404 e. The number of Topliss-reactive ketones (excluding diaryl/α,β-unsaturated/α-hetero) is 2. The fourth-order valence-electron chi connectivity index (χ4n) is 4.99. The number of amides is 1. The van der Waals surface area contributed by atoms with Crippen molar-refractivity contribution in [3.63, 3.8) is 0 Å². The molecule has 0 aromatic carbocycles. The number of carbonyl (C=O) groups is 3. The van der Waals surface area contributed by atoms with E-state index in [9.17, 15) is 14.4 Å². The summed E-state index contributed by atoms with van der Waals surface area (Å²) in [5, 5.41) is 7.07. The summed E-state index contributed by atoms with van der Waals surface area (Å²) in [5.74, 6) is -1.20. The summed E-state index contributed by atoms with van der Waals surface area (Å²) in [6.45, 7) is 3.86. The first-order chi connectivity index (χ1) is 14.3.